The van der Waals surface area contributed by atoms with Crippen LogP contribution < -0.4 is 0 Å². The molecule has 0 saturated carbocycles. The highest BCUT2D eigenvalue weighted by Crippen LogP contribution is 2.35. The maximum atomic E-state index is 3.54. The summed E-state index contributed by atoms with van der Waals surface area (Å²) in [5.41, 5.74) is 4.93. The average Bonchev–Trinajstić information content (AvgIpc) is 3.00. The van der Waals surface area contributed by atoms with Crippen LogP contribution >= 0.6 is 0 Å². The SMILES string of the molecule is CC(C)[C@@H]1[C@@H](C#C[Si](C)(C)C)N1Cc1ccccc1. The summed E-state index contributed by atoms with van der Waals surface area (Å²) in [6.45, 7) is 12.6. The van der Waals surface area contributed by atoms with Gasteiger partial charge in [0, 0.05) is 12.6 Å². The molecule has 0 aliphatic carbocycles. The first kappa shape index (κ1) is 14.4. The molecule has 102 valence electrons. The van der Waals surface area contributed by atoms with Gasteiger partial charge in [0.1, 0.15) is 8.07 Å². The van der Waals surface area contributed by atoms with Gasteiger partial charge in [-0.2, -0.15) is 0 Å². The molecule has 0 bridgehead atoms. The molecule has 1 saturated heterocycles. The molecule has 0 radical (unpaired) electrons. The van der Waals surface area contributed by atoms with Crippen LogP contribution in [0.1, 0.15) is 19.4 Å². The summed E-state index contributed by atoms with van der Waals surface area (Å²) in [6.07, 6.45) is 0. The quantitative estimate of drug-likeness (QED) is 0.459. The lowest BCUT2D eigenvalue weighted by Gasteiger charge is -2.05. The summed E-state index contributed by atoms with van der Waals surface area (Å²) >= 11 is 0. The van der Waals surface area contributed by atoms with E-state index in [2.05, 4.69) is 80.2 Å². The molecule has 3 atom stereocenters. The van der Waals surface area contributed by atoms with Crippen molar-refractivity contribution >= 4 is 8.07 Å². The first-order valence-corrected chi connectivity index (χ1v) is 10.7. The number of nitrogens with zero attached hydrogens (tertiary/aromatic N) is 1. The summed E-state index contributed by atoms with van der Waals surface area (Å²) in [6, 6.07) is 11.8. The minimum Gasteiger partial charge on any atom is -0.278 e. The highest BCUT2D eigenvalue weighted by atomic mass is 28.3. The van der Waals surface area contributed by atoms with E-state index >= 15 is 0 Å². The maximum absolute atomic E-state index is 3.54. The Hall–Kier alpha value is -1.04. The smallest absolute Gasteiger partial charge is 0.129 e. The van der Waals surface area contributed by atoms with Crippen LogP contribution in [0.3, 0.4) is 0 Å². The number of hydrogen-bond acceptors (Lipinski definition) is 1. The molecule has 1 fully saturated rings. The predicted octanol–water partition coefficient (Wildman–Crippen LogP) is 3.78. The van der Waals surface area contributed by atoms with Gasteiger partial charge in [-0.25, -0.2) is 0 Å². The van der Waals surface area contributed by atoms with E-state index in [4.69, 9.17) is 0 Å². The third-order valence-corrected chi connectivity index (χ3v) is 4.35. The Bertz CT molecular complexity index is 475. The van der Waals surface area contributed by atoms with Crippen molar-refractivity contribution in [2.45, 2.75) is 52.1 Å². The van der Waals surface area contributed by atoms with Gasteiger partial charge in [-0.3, -0.25) is 4.90 Å². The third kappa shape index (κ3) is 3.96. The van der Waals surface area contributed by atoms with Crippen molar-refractivity contribution in [2.24, 2.45) is 5.92 Å². The van der Waals surface area contributed by atoms with Gasteiger partial charge < -0.3 is 0 Å². The van der Waals surface area contributed by atoms with Crippen LogP contribution in [0.2, 0.25) is 19.6 Å². The standard InChI is InChI=1S/C17H25NSi/c1-14(2)17-16(11-12-19(3,4)5)18(17)13-15-9-7-6-8-10-15/h6-10,14,16-17H,13H2,1-5H3/t16-,17-,18?/m1/s1. The van der Waals surface area contributed by atoms with Crippen molar-refractivity contribution < 1.29 is 0 Å². The monoisotopic (exact) mass is 271 g/mol. The van der Waals surface area contributed by atoms with Crippen molar-refractivity contribution in [3.05, 3.63) is 35.9 Å². The molecule has 0 amide bonds. The number of rotatable bonds is 3. The van der Waals surface area contributed by atoms with E-state index in [9.17, 15) is 0 Å². The second-order valence-electron chi connectivity index (χ2n) is 6.86. The van der Waals surface area contributed by atoms with Crippen molar-refractivity contribution in [1.29, 1.82) is 0 Å². The van der Waals surface area contributed by atoms with E-state index in [1.165, 1.54) is 5.56 Å². The number of benzene rings is 1. The molecule has 1 aliphatic heterocycles. The topological polar surface area (TPSA) is 3.01 Å². The number of hydrogen-bond donors (Lipinski definition) is 0. The minimum atomic E-state index is -1.25. The van der Waals surface area contributed by atoms with E-state index in [-0.39, 0.29) is 0 Å². The zero-order chi connectivity index (χ0) is 14.0. The lowest BCUT2D eigenvalue weighted by molar-refractivity contribution is 0.436. The molecule has 1 aromatic rings. The van der Waals surface area contributed by atoms with Crippen molar-refractivity contribution in [3.8, 4) is 11.5 Å². The first-order valence-electron chi connectivity index (χ1n) is 7.21. The van der Waals surface area contributed by atoms with Crippen LogP contribution in [-0.2, 0) is 6.54 Å². The second-order valence-corrected chi connectivity index (χ2v) is 11.6. The lowest BCUT2D eigenvalue weighted by Crippen LogP contribution is -2.17. The normalized spacial score (nSPS) is 25.9. The van der Waals surface area contributed by atoms with E-state index in [0.29, 0.717) is 18.0 Å². The molecule has 19 heavy (non-hydrogen) atoms. The van der Waals surface area contributed by atoms with Crippen molar-refractivity contribution in [1.82, 2.24) is 4.90 Å². The molecule has 1 aromatic carbocycles. The summed E-state index contributed by atoms with van der Waals surface area (Å²) < 4.78 is 0. The van der Waals surface area contributed by atoms with Crippen LogP contribution in [0.15, 0.2) is 30.3 Å². The van der Waals surface area contributed by atoms with Gasteiger partial charge in [-0.1, -0.05) is 69.7 Å². The van der Waals surface area contributed by atoms with E-state index < -0.39 is 8.07 Å². The highest BCUT2D eigenvalue weighted by Gasteiger charge is 2.47. The minimum absolute atomic E-state index is 0.479. The van der Waals surface area contributed by atoms with E-state index in [1.54, 1.807) is 0 Å². The Morgan fingerprint density at radius 2 is 1.79 bits per heavy atom. The van der Waals surface area contributed by atoms with E-state index in [0.717, 1.165) is 6.54 Å². The van der Waals surface area contributed by atoms with Gasteiger partial charge in [-0.15, -0.1) is 5.54 Å². The average molecular weight is 271 g/mol. The Labute approximate surface area is 119 Å². The first-order chi connectivity index (χ1) is 8.88. The van der Waals surface area contributed by atoms with Gasteiger partial charge in [0.05, 0.1) is 6.04 Å². The summed E-state index contributed by atoms with van der Waals surface area (Å²) in [5.74, 6) is 4.22. The molecule has 1 heterocycles. The maximum Gasteiger partial charge on any atom is 0.129 e. The predicted molar refractivity (Wildman–Crippen MR) is 85.5 cm³/mol. The van der Waals surface area contributed by atoms with Gasteiger partial charge in [0.2, 0.25) is 0 Å². The third-order valence-electron chi connectivity index (χ3n) is 3.46. The largest absolute Gasteiger partial charge is 0.278 e. The Kier molecular flexibility index (Phi) is 4.18. The van der Waals surface area contributed by atoms with Gasteiger partial charge in [0.15, 0.2) is 0 Å². The van der Waals surface area contributed by atoms with Gasteiger partial charge in [-0.05, 0) is 11.5 Å². The highest BCUT2D eigenvalue weighted by molar-refractivity contribution is 6.83. The van der Waals surface area contributed by atoms with Crippen molar-refractivity contribution in [3.63, 3.8) is 0 Å². The summed E-state index contributed by atoms with van der Waals surface area (Å²) in [7, 11) is -1.25. The Morgan fingerprint density at radius 1 is 1.16 bits per heavy atom. The zero-order valence-corrected chi connectivity index (χ0v) is 13.8. The van der Waals surface area contributed by atoms with Gasteiger partial charge >= 0.3 is 0 Å². The molecule has 0 aromatic heterocycles. The molecule has 1 unspecified atom stereocenters. The fourth-order valence-corrected chi connectivity index (χ4v) is 3.08. The lowest BCUT2D eigenvalue weighted by atomic mass is 10.1. The fourth-order valence-electron chi connectivity index (χ4n) is 2.50. The molecular formula is C17H25NSi. The van der Waals surface area contributed by atoms with Crippen LogP contribution in [0.25, 0.3) is 0 Å². The molecule has 0 N–H and O–H groups in total. The van der Waals surface area contributed by atoms with Crippen LogP contribution in [0.5, 0.6) is 0 Å². The zero-order valence-electron chi connectivity index (χ0n) is 12.8. The molecular weight excluding hydrogens is 246 g/mol. The Morgan fingerprint density at radius 3 is 2.32 bits per heavy atom. The molecule has 0 spiro atoms. The summed E-state index contributed by atoms with van der Waals surface area (Å²) in [5, 5.41) is 0. The molecule has 2 rings (SSSR count). The van der Waals surface area contributed by atoms with Gasteiger partial charge in [0.25, 0.3) is 0 Å². The van der Waals surface area contributed by atoms with Crippen molar-refractivity contribution in [2.75, 3.05) is 0 Å². The fraction of sp³-hybridized carbons (Fsp3) is 0.529. The van der Waals surface area contributed by atoms with E-state index in [1.807, 2.05) is 0 Å². The summed E-state index contributed by atoms with van der Waals surface area (Å²) in [4.78, 5) is 2.53. The second kappa shape index (κ2) is 5.52. The Balaban J connectivity index is 2.05. The molecule has 2 heteroatoms. The van der Waals surface area contributed by atoms with Crippen LogP contribution in [-0.4, -0.2) is 25.1 Å². The van der Waals surface area contributed by atoms with Crippen LogP contribution in [0.4, 0.5) is 0 Å². The molecule has 1 nitrogen and oxygen atoms in total. The van der Waals surface area contributed by atoms with Crippen LogP contribution in [0, 0.1) is 17.4 Å². The molecule has 1 aliphatic rings.